The molecule has 4 aliphatic carbocycles. The van der Waals surface area contributed by atoms with Crippen molar-refractivity contribution in [3.05, 3.63) is 23.8 Å². The van der Waals surface area contributed by atoms with Gasteiger partial charge < -0.3 is 19.7 Å². The van der Waals surface area contributed by atoms with Crippen molar-refractivity contribution in [2.24, 2.45) is 46.3 Å². The number of hydrogen-bond donors (Lipinski definition) is 3. The van der Waals surface area contributed by atoms with Gasteiger partial charge in [0.1, 0.15) is 11.4 Å². The molecule has 0 bridgehead atoms. The molecule has 0 saturated heterocycles. The molecule has 10 atom stereocenters. The van der Waals surface area contributed by atoms with Gasteiger partial charge in [-0.1, -0.05) is 27.2 Å². The predicted octanol–water partition coefficient (Wildman–Crippen LogP) is 5.83. The highest BCUT2D eigenvalue weighted by atomic mass is 32.2. The smallest absolute Gasteiger partial charge is 0.421 e. The van der Waals surface area contributed by atoms with E-state index in [0.29, 0.717) is 42.3 Å². The Hall–Kier alpha value is -1.84. The molecule has 240 valence electrons. The second-order valence-corrected chi connectivity index (χ2v) is 17.2. The Morgan fingerprint density at radius 1 is 1.02 bits per heavy atom. The summed E-state index contributed by atoms with van der Waals surface area (Å²) in [5.74, 6) is 2.79. The summed E-state index contributed by atoms with van der Waals surface area (Å²) in [7, 11) is -4.07. The minimum Gasteiger partial charge on any atom is -0.487 e. The largest absolute Gasteiger partial charge is 0.487 e. The van der Waals surface area contributed by atoms with Gasteiger partial charge in [0.15, 0.2) is 0 Å². The third kappa shape index (κ3) is 5.29. The Kier molecular flexibility index (Phi) is 7.90. The lowest BCUT2D eigenvalue weighted by Crippen LogP contribution is -2.62. The molecule has 0 radical (unpaired) electrons. The Bertz CT molecular complexity index is 1350. The van der Waals surface area contributed by atoms with E-state index in [-0.39, 0.29) is 46.4 Å². The van der Waals surface area contributed by atoms with Crippen LogP contribution in [0, 0.1) is 46.3 Å². The van der Waals surface area contributed by atoms with Crippen molar-refractivity contribution in [2.75, 3.05) is 6.61 Å². The summed E-state index contributed by atoms with van der Waals surface area (Å²) in [6.45, 7) is 11.1. The summed E-state index contributed by atoms with van der Waals surface area (Å²) >= 11 is 0. The van der Waals surface area contributed by atoms with Crippen LogP contribution in [0.3, 0.4) is 0 Å². The summed E-state index contributed by atoms with van der Waals surface area (Å²) in [5, 5.41) is 22.4. The minimum atomic E-state index is -4.07. The molecule has 1 aliphatic heterocycles. The zero-order valence-electron chi connectivity index (χ0n) is 26.5. The van der Waals surface area contributed by atoms with Gasteiger partial charge in [-0.25, -0.2) is 17.9 Å². The maximum absolute atomic E-state index is 12.9. The van der Waals surface area contributed by atoms with E-state index in [9.17, 15) is 23.4 Å². The lowest BCUT2D eigenvalue weighted by molar-refractivity contribution is -0.202. The number of amides is 1. The molecule has 1 amide bonds. The van der Waals surface area contributed by atoms with Crippen LogP contribution in [-0.2, 0) is 21.2 Å². The zero-order chi connectivity index (χ0) is 30.9. The van der Waals surface area contributed by atoms with Crippen molar-refractivity contribution < 1.29 is 32.9 Å². The van der Waals surface area contributed by atoms with Crippen molar-refractivity contribution in [3.63, 3.8) is 0 Å². The second kappa shape index (κ2) is 10.9. The summed E-state index contributed by atoms with van der Waals surface area (Å²) in [6.07, 6.45) is 7.68. The highest BCUT2D eigenvalue weighted by molar-refractivity contribution is 7.90. The van der Waals surface area contributed by atoms with Crippen molar-refractivity contribution in [3.8, 4) is 5.75 Å². The topological polar surface area (TPSA) is 122 Å². The molecule has 3 N–H and O–H groups in total. The van der Waals surface area contributed by atoms with Crippen molar-refractivity contribution in [2.45, 2.75) is 122 Å². The fourth-order valence-electron chi connectivity index (χ4n) is 10.8. The predicted molar refractivity (Wildman–Crippen MR) is 163 cm³/mol. The Morgan fingerprint density at radius 3 is 2.49 bits per heavy atom. The number of hydrogen-bond acceptors (Lipinski definition) is 7. The van der Waals surface area contributed by atoms with E-state index < -0.39 is 21.7 Å². The lowest BCUT2D eigenvalue weighted by Gasteiger charge is -2.64. The molecule has 0 unspecified atom stereocenters. The molecule has 1 aromatic rings. The van der Waals surface area contributed by atoms with Gasteiger partial charge in [-0.15, -0.1) is 0 Å². The van der Waals surface area contributed by atoms with E-state index in [0.717, 1.165) is 56.9 Å². The fourth-order valence-corrected chi connectivity index (χ4v) is 11.7. The maximum atomic E-state index is 12.9. The van der Waals surface area contributed by atoms with Crippen LogP contribution in [0.1, 0.15) is 98.0 Å². The number of carbonyl (C=O) groups excluding carboxylic acids is 1. The lowest BCUT2D eigenvalue weighted by atomic mass is 9.41. The van der Waals surface area contributed by atoms with Crippen LogP contribution >= 0.6 is 0 Å². The van der Waals surface area contributed by atoms with Gasteiger partial charge in [-0.05, 0) is 135 Å². The van der Waals surface area contributed by atoms with Crippen molar-refractivity contribution in [1.29, 1.82) is 0 Å². The van der Waals surface area contributed by atoms with Crippen molar-refractivity contribution >= 4 is 16.1 Å². The number of benzene rings is 1. The van der Waals surface area contributed by atoms with Crippen LogP contribution in [0.2, 0.25) is 0 Å². The number of aliphatic hydroxyl groups is 2. The van der Waals surface area contributed by atoms with Crippen LogP contribution in [0.15, 0.2) is 23.1 Å². The fraction of sp³-hybridized carbons (Fsp3) is 0.794. The van der Waals surface area contributed by atoms with Crippen LogP contribution in [0.25, 0.3) is 0 Å². The molecular formula is C34H51NO7S. The van der Waals surface area contributed by atoms with Gasteiger partial charge in [0, 0.05) is 6.42 Å². The molecule has 9 heteroatoms. The first kappa shape index (κ1) is 31.2. The third-order valence-electron chi connectivity index (χ3n) is 12.8. The highest BCUT2D eigenvalue weighted by Crippen LogP contribution is 2.69. The first-order valence-electron chi connectivity index (χ1n) is 16.6. The molecule has 0 aromatic heterocycles. The van der Waals surface area contributed by atoms with Crippen LogP contribution in [-0.4, -0.2) is 49.1 Å². The quantitative estimate of drug-likeness (QED) is 0.367. The average molecular weight is 618 g/mol. The molecule has 43 heavy (non-hydrogen) atoms. The van der Waals surface area contributed by atoms with Crippen LogP contribution in [0.4, 0.5) is 4.79 Å². The summed E-state index contributed by atoms with van der Waals surface area (Å²) in [5.41, 5.74) is 0.639. The van der Waals surface area contributed by atoms with Gasteiger partial charge in [0.05, 0.1) is 23.7 Å². The summed E-state index contributed by atoms with van der Waals surface area (Å²) in [4.78, 5) is 12.6. The van der Waals surface area contributed by atoms with Crippen LogP contribution < -0.4 is 9.46 Å². The monoisotopic (exact) mass is 617 g/mol. The number of rotatable bonds is 6. The van der Waals surface area contributed by atoms with Crippen LogP contribution in [0.5, 0.6) is 5.75 Å². The number of ether oxygens (including phenoxy) is 2. The molecular weight excluding hydrogens is 566 g/mol. The number of sulfonamides is 1. The minimum absolute atomic E-state index is 0.0206. The molecule has 8 nitrogen and oxygen atoms in total. The molecule has 4 saturated carbocycles. The van der Waals surface area contributed by atoms with Gasteiger partial charge in [-0.2, -0.15) is 0 Å². The average Bonchev–Trinajstić information content (AvgIpc) is 3.43. The molecule has 1 heterocycles. The Balaban J connectivity index is 1.08. The van der Waals surface area contributed by atoms with E-state index in [2.05, 4.69) is 25.5 Å². The van der Waals surface area contributed by atoms with E-state index in [1.54, 1.807) is 12.1 Å². The van der Waals surface area contributed by atoms with Gasteiger partial charge in [-0.3, -0.25) is 0 Å². The standard InChI is InChI=1S/C34H51NO7S/c1-6-24-27-18-22(36)11-14-34(27,5)26-12-15-33(4)21(7-9-25(33)29(26)30(24)37)13-16-41-31(38)35-43(39,40)23-8-10-28-20(17-23)19-32(2,3)42-28/h8,10,17,21-22,24-27,29-30,36-37H,6-7,9,11-16,18-19H2,1-5H3,(H,35,38)/t21-,22-,24-,25+,26+,27+,29+,30-,33-,34-/m1/s1. The van der Waals surface area contributed by atoms with E-state index >= 15 is 0 Å². The zero-order valence-corrected chi connectivity index (χ0v) is 27.3. The van der Waals surface area contributed by atoms with E-state index in [4.69, 9.17) is 9.47 Å². The number of aliphatic hydroxyl groups excluding tert-OH is 2. The molecule has 0 spiro atoms. The Labute approximate surface area is 257 Å². The first-order chi connectivity index (χ1) is 20.2. The number of fused-ring (bicyclic) bond motifs is 6. The number of carbonyl (C=O) groups is 1. The van der Waals surface area contributed by atoms with Gasteiger partial charge >= 0.3 is 6.09 Å². The Morgan fingerprint density at radius 2 is 1.74 bits per heavy atom. The SMILES string of the molecule is CC[C@H]1[C@@H](O)[C@@H]2[C@H](CC[C@]3(C)[C@@H](CCOC(=O)NS(=O)(=O)c4ccc5c(c4)CC(C)(C)O5)CC[C@@H]23)[C@@]2(C)CC[C@@H](O)C[C@@H]12. The second-order valence-electron chi connectivity index (χ2n) is 15.6. The highest BCUT2D eigenvalue weighted by Gasteiger charge is 2.64. The molecule has 6 rings (SSSR count). The van der Waals surface area contributed by atoms with E-state index in [1.807, 2.05) is 13.8 Å². The van der Waals surface area contributed by atoms with Crippen molar-refractivity contribution in [1.82, 2.24) is 4.72 Å². The molecule has 1 aromatic carbocycles. The molecule has 4 fully saturated rings. The first-order valence-corrected chi connectivity index (χ1v) is 18.0. The van der Waals surface area contributed by atoms with Gasteiger partial charge in [0.2, 0.25) is 0 Å². The number of nitrogens with one attached hydrogen (secondary N) is 1. The van der Waals surface area contributed by atoms with E-state index in [1.165, 1.54) is 6.07 Å². The normalized spacial score (nSPS) is 41.3. The maximum Gasteiger partial charge on any atom is 0.421 e. The summed E-state index contributed by atoms with van der Waals surface area (Å²) < 4.78 is 39.2. The van der Waals surface area contributed by atoms with Gasteiger partial charge in [0.25, 0.3) is 10.0 Å². The molecule has 5 aliphatic rings. The summed E-state index contributed by atoms with van der Waals surface area (Å²) in [6, 6.07) is 4.66. The third-order valence-corrected chi connectivity index (χ3v) is 14.2.